The molecule has 2 unspecified atom stereocenters. The Bertz CT molecular complexity index is 783. The molecule has 28 heavy (non-hydrogen) atoms. The van der Waals surface area contributed by atoms with E-state index in [4.69, 9.17) is 9.47 Å². The molecule has 2 fully saturated rings. The molecule has 0 aliphatic carbocycles. The van der Waals surface area contributed by atoms with Crippen molar-refractivity contribution < 1.29 is 14.3 Å². The minimum atomic E-state index is 0.0177. The van der Waals surface area contributed by atoms with Crippen LogP contribution in [-0.4, -0.2) is 42.6 Å². The van der Waals surface area contributed by atoms with E-state index in [9.17, 15) is 4.79 Å². The first-order valence-corrected chi connectivity index (χ1v) is 10.1. The Labute approximate surface area is 166 Å². The average molecular weight is 380 g/mol. The highest BCUT2D eigenvalue weighted by Crippen LogP contribution is 2.30. The van der Waals surface area contributed by atoms with Crippen molar-refractivity contribution in [3.05, 3.63) is 60.2 Å². The summed E-state index contributed by atoms with van der Waals surface area (Å²) in [5.74, 6) is 1.27. The van der Waals surface area contributed by atoms with Crippen LogP contribution in [0.4, 0.5) is 0 Å². The summed E-state index contributed by atoms with van der Waals surface area (Å²) in [4.78, 5) is 14.6. The van der Waals surface area contributed by atoms with Gasteiger partial charge >= 0.3 is 0 Å². The second-order valence-corrected chi connectivity index (χ2v) is 7.78. The Morgan fingerprint density at radius 3 is 2.25 bits per heavy atom. The number of hydrogen-bond acceptors (Lipinski definition) is 4. The van der Waals surface area contributed by atoms with Gasteiger partial charge in [-0.3, -0.25) is 4.79 Å². The van der Waals surface area contributed by atoms with Gasteiger partial charge in [0.15, 0.2) is 18.1 Å². The Morgan fingerprint density at radius 1 is 0.964 bits per heavy atom. The fourth-order valence-electron chi connectivity index (χ4n) is 4.21. The number of para-hydroxylation sites is 2. The lowest BCUT2D eigenvalue weighted by Gasteiger charge is -2.35. The Kier molecular flexibility index (Phi) is 5.81. The number of fused-ring (bicyclic) bond motifs is 2. The molecule has 1 amide bonds. The molecule has 2 heterocycles. The molecule has 0 spiro atoms. The molecule has 5 nitrogen and oxygen atoms in total. The molecule has 2 aromatic rings. The van der Waals surface area contributed by atoms with E-state index in [1.165, 1.54) is 12.8 Å². The van der Waals surface area contributed by atoms with Crippen molar-refractivity contribution in [2.24, 2.45) is 0 Å². The van der Waals surface area contributed by atoms with Gasteiger partial charge in [-0.05, 0) is 43.4 Å². The summed E-state index contributed by atoms with van der Waals surface area (Å²) in [7, 11) is 1.90. The molecule has 0 aromatic heterocycles. The average Bonchev–Trinajstić information content (AvgIpc) is 3.08. The van der Waals surface area contributed by atoms with Crippen LogP contribution in [0.15, 0.2) is 54.6 Å². The van der Waals surface area contributed by atoms with Crippen molar-refractivity contribution >= 4 is 5.91 Å². The van der Waals surface area contributed by atoms with E-state index in [1.807, 2.05) is 66.5 Å². The van der Waals surface area contributed by atoms with E-state index in [-0.39, 0.29) is 12.5 Å². The van der Waals surface area contributed by atoms with Crippen LogP contribution < -0.4 is 14.8 Å². The van der Waals surface area contributed by atoms with Crippen LogP contribution in [-0.2, 0) is 11.4 Å². The fourth-order valence-corrected chi connectivity index (χ4v) is 4.21. The van der Waals surface area contributed by atoms with E-state index in [1.54, 1.807) is 0 Å². The van der Waals surface area contributed by atoms with E-state index in [0.717, 1.165) is 18.4 Å². The molecule has 4 rings (SSSR count). The molecular weight excluding hydrogens is 352 g/mol. The van der Waals surface area contributed by atoms with Crippen LogP contribution in [0.2, 0.25) is 0 Å². The van der Waals surface area contributed by atoms with Crippen LogP contribution in [0.3, 0.4) is 0 Å². The summed E-state index contributed by atoms with van der Waals surface area (Å²) in [6.45, 7) is 0.494. The number of nitrogens with one attached hydrogen (secondary N) is 1. The number of carbonyl (C=O) groups excluding carboxylic acids is 1. The van der Waals surface area contributed by atoms with Crippen molar-refractivity contribution in [1.29, 1.82) is 0 Å². The first-order valence-electron chi connectivity index (χ1n) is 10.1. The zero-order chi connectivity index (χ0) is 19.3. The second kappa shape index (κ2) is 8.65. The third-order valence-corrected chi connectivity index (χ3v) is 5.83. The van der Waals surface area contributed by atoms with Gasteiger partial charge in [-0.2, -0.15) is 0 Å². The maximum atomic E-state index is 12.7. The Morgan fingerprint density at radius 2 is 1.57 bits per heavy atom. The van der Waals surface area contributed by atoms with Crippen molar-refractivity contribution in [3.8, 4) is 11.5 Å². The molecule has 1 N–H and O–H groups in total. The van der Waals surface area contributed by atoms with Crippen LogP contribution >= 0.6 is 0 Å². The number of carbonyl (C=O) groups is 1. The van der Waals surface area contributed by atoms with Gasteiger partial charge in [0.05, 0.1) is 0 Å². The van der Waals surface area contributed by atoms with Crippen molar-refractivity contribution in [2.45, 2.75) is 50.4 Å². The van der Waals surface area contributed by atoms with E-state index >= 15 is 0 Å². The number of amides is 1. The van der Waals surface area contributed by atoms with E-state index < -0.39 is 0 Å². The van der Waals surface area contributed by atoms with E-state index in [0.29, 0.717) is 36.2 Å². The molecule has 0 saturated carbocycles. The monoisotopic (exact) mass is 380 g/mol. The maximum Gasteiger partial charge on any atom is 0.260 e. The smallest absolute Gasteiger partial charge is 0.260 e. The predicted octanol–water partition coefficient (Wildman–Crippen LogP) is 3.39. The highest BCUT2D eigenvalue weighted by atomic mass is 16.5. The maximum absolute atomic E-state index is 12.7. The largest absolute Gasteiger partial charge is 0.485 e. The molecule has 2 atom stereocenters. The van der Waals surface area contributed by atoms with Gasteiger partial charge < -0.3 is 19.7 Å². The lowest BCUT2D eigenvalue weighted by Crippen LogP contribution is -2.49. The number of likely N-dealkylation sites (N-methyl/N-ethyl adjacent to an activating group) is 1. The topological polar surface area (TPSA) is 50.8 Å². The first-order chi connectivity index (χ1) is 13.7. The van der Waals surface area contributed by atoms with Crippen molar-refractivity contribution in [2.75, 3.05) is 13.7 Å². The minimum absolute atomic E-state index is 0.0177. The summed E-state index contributed by atoms with van der Waals surface area (Å²) in [6, 6.07) is 19.0. The van der Waals surface area contributed by atoms with E-state index in [2.05, 4.69) is 5.32 Å². The number of ether oxygens (including phenoxy) is 2. The zero-order valence-electron chi connectivity index (χ0n) is 16.3. The van der Waals surface area contributed by atoms with Gasteiger partial charge in [-0.25, -0.2) is 0 Å². The minimum Gasteiger partial charge on any atom is -0.485 e. The second-order valence-electron chi connectivity index (χ2n) is 7.78. The molecular formula is C23H28N2O3. The molecule has 5 heteroatoms. The van der Waals surface area contributed by atoms with Crippen LogP contribution in [0.25, 0.3) is 0 Å². The number of nitrogens with zero attached hydrogens (tertiary/aromatic N) is 1. The molecule has 2 bridgehead atoms. The first kappa shape index (κ1) is 18.8. The third-order valence-electron chi connectivity index (χ3n) is 5.83. The number of hydrogen-bond donors (Lipinski definition) is 1. The highest BCUT2D eigenvalue weighted by Gasteiger charge is 2.36. The predicted molar refractivity (Wildman–Crippen MR) is 108 cm³/mol. The SMILES string of the molecule is CN(C(=O)COc1ccccc1OCc1ccccc1)C1CC2CCC(C1)N2. The van der Waals surface area contributed by atoms with Gasteiger partial charge in [0.1, 0.15) is 6.61 Å². The van der Waals surface area contributed by atoms with Gasteiger partial charge in [0, 0.05) is 25.2 Å². The summed E-state index contributed by atoms with van der Waals surface area (Å²) < 4.78 is 11.7. The standard InChI is InChI=1S/C23H28N2O3/c1-25(20-13-18-11-12-19(14-20)24-18)23(26)16-28-22-10-6-5-9-21(22)27-15-17-7-3-2-4-8-17/h2-10,18-20,24H,11-16H2,1H3. The van der Waals surface area contributed by atoms with Gasteiger partial charge in [-0.1, -0.05) is 42.5 Å². The third kappa shape index (κ3) is 4.47. The summed E-state index contributed by atoms with van der Waals surface area (Å²) in [5, 5.41) is 3.62. The molecule has 2 aliphatic heterocycles. The van der Waals surface area contributed by atoms with Crippen LogP contribution in [0.5, 0.6) is 11.5 Å². The molecule has 0 radical (unpaired) electrons. The van der Waals surface area contributed by atoms with Crippen molar-refractivity contribution in [3.63, 3.8) is 0 Å². The summed E-state index contributed by atoms with van der Waals surface area (Å²) in [5.41, 5.74) is 1.09. The zero-order valence-corrected chi connectivity index (χ0v) is 16.3. The van der Waals surface area contributed by atoms with Gasteiger partial charge in [0.25, 0.3) is 5.91 Å². The number of piperidine rings is 1. The highest BCUT2D eigenvalue weighted by molar-refractivity contribution is 5.78. The Balaban J connectivity index is 1.32. The molecule has 2 aliphatic rings. The lowest BCUT2D eigenvalue weighted by molar-refractivity contribution is -0.134. The lowest BCUT2D eigenvalue weighted by atomic mass is 9.98. The Hall–Kier alpha value is -2.53. The number of rotatable bonds is 7. The quantitative estimate of drug-likeness (QED) is 0.800. The molecule has 2 aromatic carbocycles. The van der Waals surface area contributed by atoms with Gasteiger partial charge in [-0.15, -0.1) is 0 Å². The van der Waals surface area contributed by atoms with Crippen molar-refractivity contribution in [1.82, 2.24) is 10.2 Å². The molecule has 2 saturated heterocycles. The number of benzene rings is 2. The van der Waals surface area contributed by atoms with Gasteiger partial charge in [0.2, 0.25) is 0 Å². The van der Waals surface area contributed by atoms with Crippen LogP contribution in [0, 0.1) is 0 Å². The van der Waals surface area contributed by atoms with Crippen LogP contribution in [0.1, 0.15) is 31.2 Å². The normalized spacial score (nSPS) is 23.2. The summed E-state index contributed by atoms with van der Waals surface area (Å²) in [6.07, 6.45) is 4.53. The molecule has 148 valence electrons. The summed E-state index contributed by atoms with van der Waals surface area (Å²) >= 11 is 0. The fraction of sp³-hybridized carbons (Fsp3) is 0.435.